The molecule has 4 heterocycles. The van der Waals surface area contributed by atoms with Crippen molar-refractivity contribution < 1.29 is 18.3 Å². The van der Waals surface area contributed by atoms with Crippen LogP contribution in [-0.4, -0.2) is 69.2 Å². The van der Waals surface area contributed by atoms with Crippen LogP contribution in [0.2, 0.25) is 0 Å². The summed E-state index contributed by atoms with van der Waals surface area (Å²) in [4.78, 5) is 23.3. The van der Waals surface area contributed by atoms with E-state index in [0.29, 0.717) is 48.5 Å². The smallest absolute Gasteiger partial charge is 0.410 e. The summed E-state index contributed by atoms with van der Waals surface area (Å²) in [6.07, 6.45) is 3.98. The van der Waals surface area contributed by atoms with Crippen molar-refractivity contribution in [3.05, 3.63) is 30.5 Å². The molecule has 0 aromatic carbocycles. The summed E-state index contributed by atoms with van der Waals surface area (Å²) in [5, 5.41) is 4.53. The Balaban J connectivity index is 1.33. The Bertz CT molecular complexity index is 1080. The quantitative estimate of drug-likeness (QED) is 0.710. The lowest BCUT2D eigenvalue weighted by molar-refractivity contribution is -0.0132. The van der Waals surface area contributed by atoms with Crippen LogP contribution in [0, 0.1) is 5.82 Å². The maximum atomic E-state index is 15.3. The zero-order chi connectivity index (χ0) is 20.8. The molecule has 2 fully saturated rings. The Hall–Kier alpha value is -3.17. The van der Waals surface area contributed by atoms with Gasteiger partial charge in [0.25, 0.3) is 0 Å². The van der Waals surface area contributed by atoms with Crippen LogP contribution in [0.4, 0.5) is 19.3 Å². The molecule has 1 saturated heterocycles. The van der Waals surface area contributed by atoms with E-state index < -0.39 is 12.3 Å². The van der Waals surface area contributed by atoms with Crippen LogP contribution in [0.1, 0.15) is 12.8 Å². The fourth-order valence-corrected chi connectivity index (χ4v) is 4.02. The number of aryl methyl sites for hydroxylation is 1. The van der Waals surface area contributed by atoms with Crippen molar-refractivity contribution in [2.24, 2.45) is 7.05 Å². The molecule has 0 spiro atoms. The van der Waals surface area contributed by atoms with Crippen LogP contribution in [-0.2, 0) is 11.8 Å². The number of nitrogens with one attached hydrogen (secondary N) is 1. The minimum Gasteiger partial charge on any atom is -0.446 e. The first-order chi connectivity index (χ1) is 14.5. The predicted octanol–water partition coefficient (Wildman–Crippen LogP) is 2.86. The second kappa shape index (κ2) is 7.26. The van der Waals surface area contributed by atoms with Crippen molar-refractivity contribution in [3.63, 3.8) is 0 Å². The molecule has 1 N–H and O–H groups in total. The third-order valence-electron chi connectivity index (χ3n) is 5.79. The molecule has 158 valence electrons. The number of fused-ring (bicyclic) bond motifs is 1. The summed E-state index contributed by atoms with van der Waals surface area (Å²) in [6.45, 7) is 1.99. The van der Waals surface area contributed by atoms with Gasteiger partial charge in [0, 0.05) is 64.0 Å². The van der Waals surface area contributed by atoms with Gasteiger partial charge in [0.05, 0.1) is 23.0 Å². The molecular weight excluding hydrogens is 394 g/mol. The monoisotopic (exact) mass is 416 g/mol. The molecule has 0 radical (unpaired) electrons. The van der Waals surface area contributed by atoms with Gasteiger partial charge in [-0.15, -0.1) is 0 Å². The lowest BCUT2D eigenvalue weighted by Crippen LogP contribution is -2.50. The topological polar surface area (TPSA) is 79.3 Å². The standard InChI is InChI=1S/C20H22F2N6O2/c1-26-11-12(10-24-26)18-17(22)16-15(2-3-23-19(16)25-18)27-4-6-28(7-5-27)20(29)30-14-8-13(21)9-14/h2-3,10-11,13-14H,4-9H2,1H3,(H,23,25)/t13-,14-. The van der Waals surface area contributed by atoms with Crippen molar-refractivity contribution in [1.82, 2.24) is 24.6 Å². The molecule has 0 bridgehead atoms. The molecule has 2 aliphatic rings. The van der Waals surface area contributed by atoms with E-state index in [4.69, 9.17) is 4.74 Å². The van der Waals surface area contributed by atoms with Gasteiger partial charge in [0.1, 0.15) is 17.9 Å². The van der Waals surface area contributed by atoms with Crippen molar-refractivity contribution in [2.75, 3.05) is 31.1 Å². The highest BCUT2D eigenvalue weighted by molar-refractivity contribution is 5.94. The summed E-state index contributed by atoms with van der Waals surface area (Å²) in [5.74, 6) is -0.367. The molecule has 0 atom stereocenters. The summed E-state index contributed by atoms with van der Waals surface area (Å²) in [7, 11) is 1.78. The SMILES string of the molecule is Cn1cc(-c2[nH]c3nccc(N4CCN(C(=O)O[C@H]5C[C@H](F)C5)CC4)c3c2F)cn1. The lowest BCUT2D eigenvalue weighted by Gasteiger charge is -2.37. The van der Waals surface area contributed by atoms with Gasteiger partial charge in [-0.2, -0.15) is 5.10 Å². The number of anilines is 1. The highest BCUT2D eigenvalue weighted by Crippen LogP contribution is 2.34. The molecule has 8 nitrogen and oxygen atoms in total. The van der Waals surface area contributed by atoms with Crippen LogP contribution in [0.25, 0.3) is 22.3 Å². The summed E-state index contributed by atoms with van der Waals surface area (Å²) < 4.78 is 35.2. The molecule has 1 amide bonds. The minimum atomic E-state index is -0.860. The van der Waals surface area contributed by atoms with Crippen molar-refractivity contribution >= 4 is 22.8 Å². The Morgan fingerprint density at radius 2 is 2.03 bits per heavy atom. The molecule has 1 aliphatic carbocycles. The number of nitrogens with zero attached hydrogens (tertiary/aromatic N) is 5. The number of amides is 1. The van der Waals surface area contributed by atoms with Gasteiger partial charge in [0.15, 0.2) is 5.82 Å². The number of H-pyrrole nitrogens is 1. The Morgan fingerprint density at radius 3 is 2.70 bits per heavy atom. The molecule has 1 saturated carbocycles. The number of hydrogen-bond acceptors (Lipinski definition) is 5. The minimum absolute atomic E-state index is 0.284. The first-order valence-electron chi connectivity index (χ1n) is 9.99. The van der Waals surface area contributed by atoms with Crippen LogP contribution < -0.4 is 4.90 Å². The van der Waals surface area contributed by atoms with Crippen LogP contribution in [0.15, 0.2) is 24.7 Å². The molecule has 3 aromatic rings. The second-order valence-corrected chi connectivity index (χ2v) is 7.82. The molecular formula is C20H22F2N6O2. The lowest BCUT2D eigenvalue weighted by atomic mass is 9.94. The van der Waals surface area contributed by atoms with Gasteiger partial charge in [-0.05, 0) is 6.07 Å². The van der Waals surface area contributed by atoms with Gasteiger partial charge >= 0.3 is 6.09 Å². The number of halogens is 2. The van der Waals surface area contributed by atoms with E-state index in [-0.39, 0.29) is 24.8 Å². The van der Waals surface area contributed by atoms with Gasteiger partial charge < -0.3 is 19.5 Å². The number of hydrogen-bond donors (Lipinski definition) is 1. The zero-order valence-electron chi connectivity index (χ0n) is 16.5. The first-order valence-corrected chi connectivity index (χ1v) is 9.99. The average molecular weight is 416 g/mol. The first kappa shape index (κ1) is 18.8. The maximum absolute atomic E-state index is 15.3. The molecule has 3 aromatic heterocycles. The third kappa shape index (κ3) is 3.25. The zero-order valence-corrected chi connectivity index (χ0v) is 16.5. The van der Waals surface area contributed by atoms with Gasteiger partial charge in [0.2, 0.25) is 0 Å². The largest absolute Gasteiger partial charge is 0.446 e. The highest BCUT2D eigenvalue weighted by atomic mass is 19.1. The highest BCUT2D eigenvalue weighted by Gasteiger charge is 2.34. The molecule has 0 unspecified atom stereocenters. The maximum Gasteiger partial charge on any atom is 0.410 e. The van der Waals surface area contributed by atoms with Gasteiger partial charge in [-0.3, -0.25) is 4.68 Å². The molecule has 1 aliphatic heterocycles. The van der Waals surface area contributed by atoms with E-state index in [2.05, 4.69) is 15.1 Å². The number of aromatic nitrogens is 4. The number of ether oxygens (including phenoxy) is 1. The fraction of sp³-hybridized carbons (Fsp3) is 0.450. The van der Waals surface area contributed by atoms with Crippen molar-refractivity contribution in [1.29, 1.82) is 0 Å². The van der Waals surface area contributed by atoms with Crippen LogP contribution in [0.3, 0.4) is 0 Å². The van der Waals surface area contributed by atoms with E-state index >= 15 is 4.39 Å². The normalized spacial score (nSPS) is 21.7. The van der Waals surface area contributed by atoms with Gasteiger partial charge in [-0.25, -0.2) is 18.6 Å². The van der Waals surface area contributed by atoms with Gasteiger partial charge in [-0.1, -0.05) is 0 Å². The van der Waals surface area contributed by atoms with Crippen molar-refractivity contribution in [2.45, 2.75) is 25.1 Å². The Morgan fingerprint density at radius 1 is 1.27 bits per heavy atom. The van der Waals surface area contributed by atoms with Crippen molar-refractivity contribution in [3.8, 4) is 11.3 Å². The van der Waals surface area contributed by atoms with E-state index in [9.17, 15) is 9.18 Å². The number of carbonyl (C=O) groups excluding carboxylic acids is 1. The summed E-state index contributed by atoms with van der Waals surface area (Å²) in [6, 6.07) is 1.79. The summed E-state index contributed by atoms with van der Waals surface area (Å²) >= 11 is 0. The van der Waals surface area contributed by atoms with E-state index in [0.717, 1.165) is 5.69 Å². The number of rotatable bonds is 3. The molecule has 10 heteroatoms. The third-order valence-corrected chi connectivity index (χ3v) is 5.79. The fourth-order valence-electron chi connectivity index (χ4n) is 4.02. The van der Waals surface area contributed by atoms with E-state index in [1.807, 2.05) is 4.90 Å². The summed E-state index contributed by atoms with van der Waals surface area (Å²) in [5.41, 5.74) is 2.21. The van der Waals surface area contributed by atoms with Crippen LogP contribution in [0.5, 0.6) is 0 Å². The Labute approximate surface area is 171 Å². The van der Waals surface area contributed by atoms with E-state index in [1.165, 1.54) is 0 Å². The average Bonchev–Trinajstić information content (AvgIpc) is 3.30. The number of alkyl halides is 1. The van der Waals surface area contributed by atoms with E-state index in [1.54, 1.807) is 41.3 Å². The number of aromatic amines is 1. The van der Waals surface area contributed by atoms with Crippen LogP contribution >= 0.6 is 0 Å². The molecule has 30 heavy (non-hydrogen) atoms. The predicted molar refractivity (Wildman–Crippen MR) is 106 cm³/mol. The number of piperazine rings is 1. The molecule has 5 rings (SSSR count). The number of pyridine rings is 1. The Kier molecular flexibility index (Phi) is 4.56. The second-order valence-electron chi connectivity index (χ2n) is 7.82. The number of carbonyl (C=O) groups is 1.